The number of carbonyl (C=O) groups excluding carboxylic acids is 1. The molecule has 2 atom stereocenters. The summed E-state index contributed by atoms with van der Waals surface area (Å²) in [5.74, 6) is 1.45. The molecule has 2 aliphatic rings. The molecule has 4 rings (SSSR count). The summed E-state index contributed by atoms with van der Waals surface area (Å²) >= 11 is 1.73. The van der Waals surface area contributed by atoms with Crippen LogP contribution in [0.2, 0.25) is 0 Å². The van der Waals surface area contributed by atoms with E-state index in [0.29, 0.717) is 12.3 Å². The Balaban J connectivity index is 1.90. The SMILES string of the molecule is COc1ccccc1[C@H]1Sc2ccccc2NC2=C1C(=O)C[C@H](C)C2. The number of fused-ring (bicyclic) bond motifs is 1. The van der Waals surface area contributed by atoms with Crippen LogP contribution in [0.1, 0.15) is 30.6 Å². The average Bonchev–Trinajstić information content (AvgIpc) is 2.78. The predicted octanol–water partition coefficient (Wildman–Crippen LogP) is 5.21. The minimum atomic E-state index is -0.0534. The molecule has 0 unspecified atom stereocenters. The highest BCUT2D eigenvalue weighted by atomic mass is 32.2. The number of benzene rings is 2. The first-order chi connectivity index (χ1) is 12.2. The highest BCUT2D eigenvalue weighted by Crippen LogP contribution is 2.51. The van der Waals surface area contributed by atoms with Gasteiger partial charge in [-0.25, -0.2) is 0 Å². The topological polar surface area (TPSA) is 38.3 Å². The van der Waals surface area contributed by atoms with Gasteiger partial charge < -0.3 is 10.1 Å². The number of hydrogen-bond donors (Lipinski definition) is 1. The maximum Gasteiger partial charge on any atom is 0.162 e. The quantitative estimate of drug-likeness (QED) is 0.806. The van der Waals surface area contributed by atoms with Gasteiger partial charge in [-0.2, -0.15) is 0 Å². The zero-order valence-corrected chi connectivity index (χ0v) is 15.2. The van der Waals surface area contributed by atoms with Crippen LogP contribution in [-0.2, 0) is 4.79 Å². The molecule has 1 N–H and O–H groups in total. The van der Waals surface area contributed by atoms with Crippen molar-refractivity contribution in [3.63, 3.8) is 0 Å². The van der Waals surface area contributed by atoms with E-state index in [1.54, 1.807) is 18.9 Å². The van der Waals surface area contributed by atoms with Crippen molar-refractivity contribution < 1.29 is 9.53 Å². The van der Waals surface area contributed by atoms with Crippen molar-refractivity contribution in [3.8, 4) is 5.75 Å². The summed E-state index contributed by atoms with van der Waals surface area (Å²) in [6.07, 6.45) is 1.52. The minimum Gasteiger partial charge on any atom is -0.496 e. The zero-order valence-electron chi connectivity index (χ0n) is 14.4. The summed E-state index contributed by atoms with van der Waals surface area (Å²) < 4.78 is 5.60. The van der Waals surface area contributed by atoms with Crippen LogP contribution in [0.5, 0.6) is 5.75 Å². The number of Topliss-reactive ketones (excluding diaryl/α,β-unsaturated/α-hetero) is 1. The van der Waals surface area contributed by atoms with Crippen LogP contribution in [0.15, 0.2) is 64.7 Å². The first-order valence-electron chi connectivity index (χ1n) is 8.59. The normalized spacial score (nSPS) is 22.6. The number of nitrogens with one attached hydrogen (secondary N) is 1. The molecule has 0 aromatic heterocycles. The predicted molar refractivity (Wildman–Crippen MR) is 102 cm³/mol. The Morgan fingerprint density at radius 2 is 1.84 bits per heavy atom. The Labute approximate surface area is 152 Å². The van der Waals surface area contributed by atoms with Crippen LogP contribution < -0.4 is 10.1 Å². The summed E-state index contributed by atoms with van der Waals surface area (Å²) in [5, 5.41) is 3.50. The molecule has 1 heterocycles. The van der Waals surface area contributed by atoms with Gasteiger partial charge in [-0.05, 0) is 30.5 Å². The van der Waals surface area contributed by atoms with Gasteiger partial charge in [-0.15, -0.1) is 11.8 Å². The lowest BCUT2D eigenvalue weighted by Gasteiger charge is -2.27. The van der Waals surface area contributed by atoms with Crippen molar-refractivity contribution in [1.29, 1.82) is 0 Å². The third-order valence-electron chi connectivity index (χ3n) is 4.81. The summed E-state index contributed by atoms with van der Waals surface area (Å²) in [6.45, 7) is 2.14. The maximum atomic E-state index is 13.0. The maximum absolute atomic E-state index is 13.0. The van der Waals surface area contributed by atoms with Gasteiger partial charge in [0.1, 0.15) is 5.75 Å². The molecule has 0 fully saturated rings. The van der Waals surface area contributed by atoms with E-state index in [1.807, 2.05) is 30.3 Å². The number of hydrogen-bond acceptors (Lipinski definition) is 4. The molecule has 1 aliphatic heterocycles. The summed E-state index contributed by atoms with van der Waals surface area (Å²) in [4.78, 5) is 14.1. The standard InChI is InChI=1S/C21H21NO2S/c1-13-11-16-20(17(23)12-13)21(14-7-3-5-9-18(14)24-2)25-19-10-6-4-8-15(19)22-16/h3-10,13,21-22H,11-12H2,1-2H3/t13-,21-/m1/s1. The first kappa shape index (κ1) is 16.3. The number of methoxy groups -OCH3 is 1. The van der Waals surface area contributed by atoms with Crippen LogP contribution >= 0.6 is 11.8 Å². The Morgan fingerprint density at radius 1 is 1.08 bits per heavy atom. The number of ketones is 1. The number of allylic oxidation sites excluding steroid dienone is 1. The second-order valence-corrected chi connectivity index (χ2v) is 7.84. The van der Waals surface area contributed by atoms with Gasteiger partial charge in [0.05, 0.1) is 18.0 Å². The lowest BCUT2D eigenvalue weighted by atomic mass is 9.84. The Kier molecular flexibility index (Phi) is 4.30. The second kappa shape index (κ2) is 6.60. The van der Waals surface area contributed by atoms with Crippen LogP contribution in [0.3, 0.4) is 0 Å². The van der Waals surface area contributed by atoms with Crippen molar-refractivity contribution in [2.75, 3.05) is 12.4 Å². The molecule has 128 valence electrons. The number of thioether (sulfide) groups is 1. The molecule has 1 aliphatic carbocycles. The van der Waals surface area contributed by atoms with E-state index in [4.69, 9.17) is 4.74 Å². The van der Waals surface area contributed by atoms with E-state index in [2.05, 4.69) is 30.4 Å². The van der Waals surface area contributed by atoms with Crippen LogP contribution in [0, 0.1) is 5.92 Å². The van der Waals surface area contributed by atoms with Gasteiger partial charge in [0.25, 0.3) is 0 Å². The number of para-hydroxylation sites is 2. The van der Waals surface area contributed by atoms with Gasteiger partial charge in [0.2, 0.25) is 0 Å². The molecule has 0 radical (unpaired) electrons. The van der Waals surface area contributed by atoms with E-state index >= 15 is 0 Å². The van der Waals surface area contributed by atoms with E-state index in [1.165, 1.54) is 0 Å². The van der Waals surface area contributed by atoms with E-state index < -0.39 is 0 Å². The van der Waals surface area contributed by atoms with E-state index in [-0.39, 0.29) is 11.0 Å². The monoisotopic (exact) mass is 351 g/mol. The summed E-state index contributed by atoms with van der Waals surface area (Å²) in [6, 6.07) is 16.3. The average molecular weight is 351 g/mol. The molecule has 3 nitrogen and oxygen atoms in total. The van der Waals surface area contributed by atoms with Crippen molar-refractivity contribution in [2.45, 2.75) is 29.9 Å². The van der Waals surface area contributed by atoms with Gasteiger partial charge in [0.15, 0.2) is 5.78 Å². The molecule has 25 heavy (non-hydrogen) atoms. The van der Waals surface area contributed by atoms with Gasteiger partial charge in [-0.3, -0.25) is 4.79 Å². The Morgan fingerprint density at radius 3 is 2.68 bits per heavy atom. The molecule has 4 heteroatoms. The summed E-state index contributed by atoms with van der Waals surface area (Å²) in [7, 11) is 1.69. The smallest absolute Gasteiger partial charge is 0.162 e. The van der Waals surface area contributed by atoms with Crippen molar-refractivity contribution in [2.24, 2.45) is 5.92 Å². The van der Waals surface area contributed by atoms with Gasteiger partial charge in [-0.1, -0.05) is 37.3 Å². The number of ether oxygens (including phenoxy) is 1. The number of rotatable bonds is 2. The molecular formula is C21H21NO2S. The molecule has 2 aromatic carbocycles. The number of carbonyl (C=O) groups is 1. The number of anilines is 1. The second-order valence-electron chi connectivity index (χ2n) is 6.69. The molecule has 0 amide bonds. The minimum absolute atomic E-state index is 0.0534. The van der Waals surface area contributed by atoms with Crippen LogP contribution in [0.25, 0.3) is 0 Å². The molecule has 0 bridgehead atoms. The van der Waals surface area contributed by atoms with E-state index in [9.17, 15) is 4.79 Å². The molecule has 0 spiro atoms. The Hall–Kier alpha value is -2.20. The van der Waals surface area contributed by atoms with Crippen LogP contribution in [-0.4, -0.2) is 12.9 Å². The molecule has 0 saturated heterocycles. The fourth-order valence-corrected chi connectivity index (χ4v) is 5.04. The molecule has 2 aromatic rings. The zero-order chi connectivity index (χ0) is 17.4. The first-order valence-corrected chi connectivity index (χ1v) is 9.47. The fraction of sp³-hybridized carbons (Fsp3) is 0.286. The highest BCUT2D eigenvalue weighted by Gasteiger charge is 2.35. The van der Waals surface area contributed by atoms with Crippen molar-refractivity contribution in [1.82, 2.24) is 0 Å². The third kappa shape index (κ3) is 2.95. The lowest BCUT2D eigenvalue weighted by molar-refractivity contribution is -0.116. The third-order valence-corrected chi connectivity index (χ3v) is 6.15. The molecule has 0 saturated carbocycles. The fourth-order valence-electron chi connectivity index (χ4n) is 3.67. The van der Waals surface area contributed by atoms with Crippen molar-refractivity contribution in [3.05, 3.63) is 65.4 Å². The van der Waals surface area contributed by atoms with E-state index in [0.717, 1.165) is 39.6 Å². The van der Waals surface area contributed by atoms with Gasteiger partial charge >= 0.3 is 0 Å². The lowest BCUT2D eigenvalue weighted by Crippen LogP contribution is -2.23. The van der Waals surface area contributed by atoms with Crippen molar-refractivity contribution >= 4 is 23.2 Å². The largest absolute Gasteiger partial charge is 0.496 e. The molecular weight excluding hydrogens is 330 g/mol. The van der Waals surface area contributed by atoms with Crippen LogP contribution in [0.4, 0.5) is 5.69 Å². The summed E-state index contributed by atoms with van der Waals surface area (Å²) in [5.41, 5.74) is 4.11. The highest BCUT2D eigenvalue weighted by molar-refractivity contribution is 8.00. The van der Waals surface area contributed by atoms with Gasteiger partial charge in [0, 0.05) is 28.1 Å². The Bertz CT molecular complexity index is 858.